The van der Waals surface area contributed by atoms with Crippen molar-refractivity contribution in [2.24, 2.45) is 0 Å². The minimum atomic E-state index is -4.66. The highest BCUT2D eigenvalue weighted by Crippen LogP contribution is 2.52. The van der Waals surface area contributed by atoms with E-state index in [2.05, 4.69) is 0 Å². The van der Waals surface area contributed by atoms with Crippen molar-refractivity contribution in [1.29, 1.82) is 0 Å². The zero-order valence-electron chi connectivity index (χ0n) is 56.9. The van der Waals surface area contributed by atoms with Gasteiger partial charge in [0.2, 0.25) is 11.4 Å². The van der Waals surface area contributed by atoms with Crippen LogP contribution >= 0.6 is 0 Å². The summed E-state index contributed by atoms with van der Waals surface area (Å²) in [7, 11) is -32.9. The molecule has 0 spiro atoms. The van der Waals surface area contributed by atoms with Crippen LogP contribution < -0.4 is 9.80 Å². The third kappa shape index (κ3) is 22.0. The van der Waals surface area contributed by atoms with Crippen molar-refractivity contribution in [3.63, 3.8) is 0 Å². The Labute approximate surface area is 605 Å². The molecule has 40 heteroatoms. The predicted molar refractivity (Wildman–Crippen MR) is 378 cm³/mol. The fraction of sp³-hybridized carbons (Fsp3) is 0.375. The molecule has 4 aromatic carbocycles. The SMILES string of the molecule is CC1(C)C(/C=C/C=C/C=C2/N(CCCS(=O)(=O)O)c3cccc(C(=O)O)c3C2(C)C)=[N+](CCCS(=O)(=O)[O-])c2c1cccc2S(=O)(=O)O.CC1(C)C(/C=C/C=C/C=C2/N(CCCS(=O)(=O)O)c3cccc(C(=O)O)c3C2(C)C)=[N+](CCCS(=O)(=O)[O-])c2cccc(S(=O)(=O)O)c21.O=S(=O)=O.O=S(=O)=O. The largest absolute Gasteiger partial charge is 0.748 e. The molecule has 0 atom stereocenters. The maximum Gasteiger partial charge on any atom is 0.425 e. The summed E-state index contributed by atoms with van der Waals surface area (Å²) in [5.74, 6) is -4.45. The maximum absolute atomic E-state index is 12.3. The van der Waals surface area contributed by atoms with Crippen LogP contribution in [0, 0.1) is 0 Å². The monoisotopic (exact) mass is 1600 g/mol. The molecule has 104 heavy (non-hydrogen) atoms. The molecule has 6 N–H and O–H groups in total. The molecule has 0 aromatic heterocycles. The number of rotatable bonds is 26. The summed E-state index contributed by atoms with van der Waals surface area (Å²) in [5.41, 5.74) is 3.28. The van der Waals surface area contributed by atoms with E-state index < -0.39 is 139 Å². The van der Waals surface area contributed by atoms with Crippen LogP contribution in [0.5, 0.6) is 0 Å². The normalized spacial score (nSPS) is 17.4. The summed E-state index contributed by atoms with van der Waals surface area (Å²) in [6.45, 7) is 15.1. The van der Waals surface area contributed by atoms with Gasteiger partial charge in [0.25, 0.3) is 30.4 Å². The van der Waals surface area contributed by atoms with E-state index in [1.54, 1.807) is 120 Å². The number of hydrogen-bond donors (Lipinski definition) is 6. The van der Waals surface area contributed by atoms with Crippen LogP contribution in [-0.4, -0.2) is 195 Å². The van der Waals surface area contributed by atoms with Crippen molar-refractivity contribution in [1.82, 2.24) is 0 Å². The molecule has 0 radical (unpaired) electrons. The third-order valence-corrected chi connectivity index (χ3v) is 22.1. The Morgan fingerprint density at radius 1 is 0.452 bits per heavy atom. The second-order valence-corrected chi connectivity index (χ2v) is 35.4. The second kappa shape index (κ2) is 33.6. The van der Waals surface area contributed by atoms with Crippen LogP contribution in [0.1, 0.15) is 124 Å². The second-order valence-electron chi connectivity index (χ2n) is 25.6. The standard InChI is InChI=1S/2C32H38N2O11S3.2O3S/c1-31(2)23-13-9-15-25(48(43,44)45)29(23)34(19-11-21-47(40,41)42)26(31)16-6-5-7-17-27-32(3,4)28-22(30(35)36)12-8-14-24(28)33(27)18-10-20-46(37,38)39;1-31(2)26(33(18-10-20-46(37,38)39)23-13-8-12-22(28(23)31)30(35)36)16-6-5-7-17-27-32(3,4)29-24(14-9-15-25(29)48(43,44)45)34(27)19-11-21-47(40,41)42;2*1-4(2)3/h2*5-9,12-17H,10-11,18-21H2,1-4H3,(H3-,35,36,37,38,39,40,41,42,43,44,45);;. The van der Waals surface area contributed by atoms with E-state index in [-0.39, 0.29) is 78.5 Å². The van der Waals surface area contributed by atoms with Gasteiger partial charge in [0.05, 0.1) is 59.3 Å². The van der Waals surface area contributed by atoms with Crippen LogP contribution in [0.4, 0.5) is 22.7 Å². The first-order valence-corrected chi connectivity index (χ1v) is 42.1. The van der Waals surface area contributed by atoms with E-state index >= 15 is 0 Å². The Kier molecular flexibility index (Phi) is 27.9. The quantitative estimate of drug-likeness (QED) is 0.0238. The number of para-hydroxylation sites is 1. The molecule has 4 aliphatic rings. The minimum absolute atomic E-state index is 0.0191. The van der Waals surface area contributed by atoms with Gasteiger partial charge in [0.1, 0.15) is 18.0 Å². The molecule has 568 valence electrons. The molecule has 0 unspecified atom stereocenters. The van der Waals surface area contributed by atoms with E-state index in [0.717, 1.165) is 0 Å². The number of carboxylic acids is 2. The number of anilines is 2. The molecule has 8 rings (SSSR count). The number of aromatic carboxylic acids is 2. The third-order valence-electron chi connectivity index (χ3n) is 17.1. The van der Waals surface area contributed by atoms with E-state index in [1.165, 1.54) is 36.4 Å². The lowest BCUT2D eigenvalue weighted by Gasteiger charge is -2.27. The smallest absolute Gasteiger partial charge is 0.425 e. The highest BCUT2D eigenvalue weighted by Gasteiger charge is 2.50. The number of nitrogens with zero attached hydrogens (tertiary/aromatic N) is 4. The molecule has 0 saturated heterocycles. The summed E-state index contributed by atoms with van der Waals surface area (Å²) in [6.07, 6.45) is 17.2. The van der Waals surface area contributed by atoms with Crippen molar-refractivity contribution in [2.45, 2.75) is 113 Å². The molecular weight excluding hydrogens is 1530 g/mol. The molecular formula is C64H76N4O28S8. The molecule has 4 aromatic rings. The van der Waals surface area contributed by atoms with Gasteiger partial charge < -0.3 is 29.1 Å². The van der Waals surface area contributed by atoms with Crippen molar-refractivity contribution in [3.05, 3.63) is 178 Å². The fourth-order valence-corrected chi connectivity index (χ4v) is 16.7. The molecule has 0 fully saturated rings. The van der Waals surface area contributed by atoms with Crippen LogP contribution in [0.3, 0.4) is 0 Å². The first-order valence-electron chi connectivity index (χ1n) is 30.8. The minimum Gasteiger partial charge on any atom is -0.748 e. The van der Waals surface area contributed by atoms with E-state index in [9.17, 15) is 97.6 Å². The van der Waals surface area contributed by atoms with Gasteiger partial charge >= 0.3 is 43.3 Å². The Balaban J connectivity index is 0.000000339. The molecule has 4 heterocycles. The molecule has 0 amide bonds. The van der Waals surface area contributed by atoms with E-state index in [4.69, 9.17) is 25.3 Å². The Morgan fingerprint density at radius 2 is 0.817 bits per heavy atom. The summed E-state index contributed by atoms with van der Waals surface area (Å²) >= 11 is 0. The average Bonchev–Trinajstić information content (AvgIpc) is 1.63. The number of allylic oxidation sites excluding steroid dienone is 12. The molecule has 0 aliphatic carbocycles. The lowest BCUT2D eigenvalue weighted by Crippen LogP contribution is -2.29. The van der Waals surface area contributed by atoms with Crippen LogP contribution in [0.2, 0.25) is 0 Å². The Morgan fingerprint density at radius 3 is 1.19 bits per heavy atom. The van der Waals surface area contributed by atoms with Crippen LogP contribution in [0.25, 0.3) is 0 Å². The summed E-state index contributed by atoms with van der Waals surface area (Å²) < 4.78 is 255. The summed E-state index contributed by atoms with van der Waals surface area (Å²) in [4.78, 5) is 27.2. The Bertz CT molecular complexity index is 5270. The molecule has 0 bridgehead atoms. The highest BCUT2D eigenvalue weighted by molar-refractivity contribution is 7.87. The van der Waals surface area contributed by atoms with E-state index in [1.807, 2.05) is 51.3 Å². The van der Waals surface area contributed by atoms with Crippen molar-refractivity contribution in [2.75, 3.05) is 59.0 Å². The highest BCUT2D eigenvalue weighted by atomic mass is 32.2. The first-order chi connectivity index (χ1) is 47.6. The lowest BCUT2D eigenvalue weighted by molar-refractivity contribution is -0.440. The fourth-order valence-electron chi connectivity index (χ4n) is 13.2. The average molecular weight is 1610 g/mol. The Hall–Kier alpha value is -8.10. The number of carbonyl (C=O) groups is 2. The van der Waals surface area contributed by atoms with Gasteiger partial charge in [-0.2, -0.15) is 42.8 Å². The zero-order chi connectivity index (χ0) is 78.9. The van der Waals surface area contributed by atoms with E-state index in [0.29, 0.717) is 62.1 Å². The topological polar surface area (TPSA) is 521 Å². The number of carboxylic acid groups (broad SMARTS) is 2. The number of benzene rings is 4. The van der Waals surface area contributed by atoms with Gasteiger partial charge in [0.15, 0.2) is 16.3 Å². The van der Waals surface area contributed by atoms with Crippen molar-refractivity contribution < 1.29 is 132 Å². The molecule has 0 saturated carbocycles. The summed E-state index contributed by atoms with van der Waals surface area (Å²) in [6, 6.07) is 18.6. The lowest BCUT2D eigenvalue weighted by atomic mass is 9.81. The predicted octanol–water partition coefficient (Wildman–Crippen LogP) is 6.02. The van der Waals surface area contributed by atoms with Gasteiger partial charge in [-0.25, -0.2) is 26.4 Å². The van der Waals surface area contributed by atoms with Gasteiger partial charge in [-0.1, -0.05) is 94.5 Å². The maximum atomic E-state index is 12.3. The summed E-state index contributed by atoms with van der Waals surface area (Å²) in [5, 5.41) is 19.8. The van der Waals surface area contributed by atoms with Crippen LogP contribution in [0.15, 0.2) is 155 Å². The van der Waals surface area contributed by atoms with Gasteiger partial charge in [-0.05, 0) is 89.1 Å². The van der Waals surface area contributed by atoms with Gasteiger partial charge in [-0.15, -0.1) is 25.3 Å². The first kappa shape index (κ1) is 86.5. The number of hydrogen-bond acceptors (Lipinski definition) is 24. The molecule has 32 nitrogen and oxygen atoms in total. The van der Waals surface area contributed by atoms with Crippen LogP contribution in [-0.2, 0) is 104 Å². The van der Waals surface area contributed by atoms with Gasteiger partial charge in [0, 0.05) is 106 Å². The number of fused-ring (bicyclic) bond motifs is 4. The molecule has 4 aliphatic heterocycles. The zero-order valence-corrected chi connectivity index (χ0v) is 63.4. The van der Waals surface area contributed by atoms with Gasteiger partial charge in [-0.3, -0.25) is 18.2 Å². The van der Waals surface area contributed by atoms with Crippen molar-refractivity contribution >= 4 is 128 Å². The van der Waals surface area contributed by atoms with Crippen molar-refractivity contribution in [3.8, 4) is 0 Å².